The van der Waals surface area contributed by atoms with Crippen molar-refractivity contribution in [3.05, 3.63) is 28.8 Å². The van der Waals surface area contributed by atoms with Gasteiger partial charge < -0.3 is 15.2 Å². The lowest BCUT2D eigenvalue weighted by Gasteiger charge is -2.12. The molecule has 96 valence electrons. The third kappa shape index (κ3) is 4.80. The Labute approximate surface area is 101 Å². The van der Waals surface area contributed by atoms with Crippen LogP contribution in [0, 0.1) is 0 Å². The summed E-state index contributed by atoms with van der Waals surface area (Å²) in [5, 5.41) is 0.404. The van der Waals surface area contributed by atoms with E-state index in [2.05, 4.69) is 4.74 Å². The highest BCUT2D eigenvalue weighted by atomic mass is 35.5. The van der Waals surface area contributed by atoms with E-state index in [4.69, 9.17) is 22.1 Å². The van der Waals surface area contributed by atoms with Crippen molar-refractivity contribution >= 4 is 11.6 Å². The van der Waals surface area contributed by atoms with Crippen molar-refractivity contribution in [2.75, 3.05) is 13.4 Å². The van der Waals surface area contributed by atoms with Gasteiger partial charge in [-0.1, -0.05) is 17.7 Å². The molecule has 3 nitrogen and oxygen atoms in total. The summed E-state index contributed by atoms with van der Waals surface area (Å²) in [7, 11) is 0. The van der Waals surface area contributed by atoms with Gasteiger partial charge in [0, 0.05) is 17.1 Å². The molecule has 0 unspecified atom stereocenters. The molecule has 1 rings (SSSR count). The molecule has 0 bridgehead atoms. The number of benzene rings is 1. The lowest BCUT2D eigenvalue weighted by molar-refractivity contribution is -0.186. The fraction of sp³-hybridized carbons (Fsp3) is 0.400. The summed E-state index contributed by atoms with van der Waals surface area (Å²) in [6.07, 6.45) is -4.37. The highest BCUT2D eigenvalue weighted by Gasteiger charge is 2.27. The molecule has 0 aliphatic carbocycles. The molecule has 0 aromatic heterocycles. The Morgan fingerprint density at radius 1 is 1.29 bits per heavy atom. The van der Waals surface area contributed by atoms with Gasteiger partial charge in [0.15, 0.2) is 6.79 Å². The van der Waals surface area contributed by atoms with E-state index in [1.807, 2.05) is 0 Å². The van der Waals surface area contributed by atoms with Crippen molar-refractivity contribution in [3.63, 3.8) is 0 Å². The smallest absolute Gasteiger partial charge is 0.411 e. The lowest BCUT2D eigenvalue weighted by atomic mass is 10.2. The van der Waals surface area contributed by atoms with Crippen LogP contribution in [0.4, 0.5) is 13.2 Å². The maximum Gasteiger partial charge on any atom is 0.411 e. The Kier molecular flexibility index (Phi) is 5.04. The SMILES string of the molecule is NCc1c(Cl)cccc1OCOCC(F)(F)F. The Bertz CT molecular complexity index is 371. The van der Waals surface area contributed by atoms with Crippen LogP contribution in [0.2, 0.25) is 5.02 Å². The second kappa shape index (κ2) is 6.09. The van der Waals surface area contributed by atoms with Crippen LogP contribution < -0.4 is 10.5 Å². The minimum Gasteiger partial charge on any atom is -0.467 e. The van der Waals surface area contributed by atoms with E-state index < -0.39 is 19.6 Å². The van der Waals surface area contributed by atoms with E-state index in [0.717, 1.165) is 0 Å². The van der Waals surface area contributed by atoms with Crippen LogP contribution in [0.1, 0.15) is 5.56 Å². The topological polar surface area (TPSA) is 44.5 Å². The molecule has 1 aromatic carbocycles. The molecule has 0 fully saturated rings. The van der Waals surface area contributed by atoms with Crippen LogP contribution in [-0.2, 0) is 11.3 Å². The molecule has 0 radical (unpaired) electrons. The first kappa shape index (κ1) is 14.1. The quantitative estimate of drug-likeness (QED) is 0.660. The monoisotopic (exact) mass is 269 g/mol. The molecule has 0 atom stereocenters. The lowest BCUT2D eigenvalue weighted by Crippen LogP contribution is -2.19. The molecule has 7 heteroatoms. The van der Waals surface area contributed by atoms with Crippen molar-refractivity contribution in [2.24, 2.45) is 5.73 Å². The first-order chi connectivity index (χ1) is 7.94. The second-order valence-corrected chi connectivity index (χ2v) is 3.55. The van der Waals surface area contributed by atoms with Crippen molar-refractivity contribution in [1.82, 2.24) is 0 Å². The third-order valence-corrected chi connectivity index (χ3v) is 2.20. The molecule has 0 saturated heterocycles. The maximum atomic E-state index is 11.8. The largest absolute Gasteiger partial charge is 0.467 e. The predicted octanol–water partition coefficient (Wildman–Crippen LogP) is 2.71. The maximum absolute atomic E-state index is 11.8. The molecule has 0 spiro atoms. The average molecular weight is 270 g/mol. The molecule has 0 aliphatic heterocycles. The molecule has 2 N–H and O–H groups in total. The van der Waals surface area contributed by atoms with Gasteiger partial charge in [-0.2, -0.15) is 13.2 Å². The molecular formula is C10H11ClF3NO2. The summed E-state index contributed by atoms with van der Waals surface area (Å²) >= 11 is 5.83. The normalized spacial score (nSPS) is 11.6. The van der Waals surface area contributed by atoms with Crippen LogP contribution in [0.15, 0.2) is 18.2 Å². The van der Waals surface area contributed by atoms with Crippen molar-refractivity contribution in [2.45, 2.75) is 12.7 Å². The first-order valence-electron chi connectivity index (χ1n) is 4.69. The summed E-state index contributed by atoms with van der Waals surface area (Å²) in [6, 6.07) is 4.79. The summed E-state index contributed by atoms with van der Waals surface area (Å²) < 4.78 is 44.6. The Morgan fingerprint density at radius 2 is 2.00 bits per heavy atom. The van der Waals surface area contributed by atoms with Gasteiger partial charge in [-0.3, -0.25) is 0 Å². The minimum absolute atomic E-state index is 0.133. The Hall–Kier alpha value is -0.980. The number of nitrogens with two attached hydrogens (primary N) is 1. The van der Waals surface area contributed by atoms with E-state index >= 15 is 0 Å². The predicted molar refractivity (Wildman–Crippen MR) is 56.8 cm³/mol. The molecule has 0 heterocycles. The average Bonchev–Trinajstić information content (AvgIpc) is 2.23. The first-order valence-corrected chi connectivity index (χ1v) is 5.06. The van der Waals surface area contributed by atoms with E-state index in [1.54, 1.807) is 18.2 Å². The van der Waals surface area contributed by atoms with Crippen LogP contribution >= 0.6 is 11.6 Å². The van der Waals surface area contributed by atoms with Gasteiger partial charge in [-0.05, 0) is 12.1 Å². The second-order valence-electron chi connectivity index (χ2n) is 3.15. The number of halogens is 4. The van der Waals surface area contributed by atoms with Crippen molar-refractivity contribution in [3.8, 4) is 5.75 Å². The zero-order chi connectivity index (χ0) is 12.9. The Morgan fingerprint density at radius 3 is 2.59 bits per heavy atom. The van der Waals surface area contributed by atoms with Gasteiger partial charge >= 0.3 is 6.18 Å². The van der Waals surface area contributed by atoms with Crippen LogP contribution in [0.3, 0.4) is 0 Å². The van der Waals surface area contributed by atoms with Gasteiger partial charge in [0.2, 0.25) is 0 Å². The van der Waals surface area contributed by atoms with Gasteiger partial charge in [0.05, 0.1) is 0 Å². The fourth-order valence-corrected chi connectivity index (χ4v) is 1.38. The van der Waals surface area contributed by atoms with Crippen LogP contribution in [-0.4, -0.2) is 19.6 Å². The van der Waals surface area contributed by atoms with Crippen molar-refractivity contribution in [1.29, 1.82) is 0 Å². The summed E-state index contributed by atoms with van der Waals surface area (Å²) in [5.74, 6) is 0.321. The number of rotatable bonds is 5. The number of alkyl halides is 3. The summed E-state index contributed by atoms with van der Waals surface area (Å²) in [5.41, 5.74) is 5.97. The standard InChI is InChI=1S/C10H11ClF3NO2/c11-8-2-1-3-9(7(8)4-15)17-6-16-5-10(12,13)14/h1-3H,4-6,15H2. The number of hydrogen-bond acceptors (Lipinski definition) is 3. The van der Waals surface area contributed by atoms with Crippen LogP contribution in [0.25, 0.3) is 0 Å². The molecule has 0 aliphatic rings. The van der Waals surface area contributed by atoms with E-state index in [0.29, 0.717) is 16.3 Å². The molecule has 0 amide bonds. The Balaban J connectivity index is 2.49. The summed E-state index contributed by atoms with van der Waals surface area (Å²) in [4.78, 5) is 0. The summed E-state index contributed by atoms with van der Waals surface area (Å²) in [6.45, 7) is -1.73. The molecule has 1 aromatic rings. The molecule has 0 saturated carbocycles. The van der Waals surface area contributed by atoms with E-state index in [-0.39, 0.29) is 6.54 Å². The van der Waals surface area contributed by atoms with Gasteiger partial charge in [0.25, 0.3) is 0 Å². The van der Waals surface area contributed by atoms with Crippen LogP contribution in [0.5, 0.6) is 5.75 Å². The number of ether oxygens (including phenoxy) is 2. The van der Waals surface area contributed by atoms with Crippen molar-refractivity contribution < 1.29 is 22.6 Å². The van der Waals surface area contributed by atoms with Gasteiger partial charge in [-0.25, -0.2) is 0 Å². The highest BCUT2D eigenvalue weighted by Crippen LogP contribution is 2.25. The zero-order valence-electron chi connectivity index (χ0n) is 8.76. The fourth-order valence-electron chi connectivity index (χ4n) is 1.13. The van der Waals surface area contributed by atoms with Gasteiger partial charge in [0.1, 0.15) is 12.4 Å². The highest BCUT2D eigenvalue weighted by molar-refractivity contribution is 6.31. The molecular weight excluding hydrogens is 259 g/mol. The minimum atomic E-state index is -4.37. The zero-order valence-corrected chi connectivity index (χ0v) is 9.52. The number of hydrogen-bond donors (Lipinski definition) is 1. The van der Waals surface area contributed by atoms with Gasteiger partial charge in [-0.15, -0.1) is 0 Å². The van der Waals surface area contributed by atoms with E-state index in [9.17, 15) is 13.2 Å². The molecule has 17 heavy (non-hydrogen) atoms. The third-order valence-electron chi connectivity index (χ3n) is 1.84. The van der Waals surface area contributed by atoms with E-state index in [1.165, 1.54) is 0 Å².